The Hall–Kier alpha value is -2.51. The van der Waals surface area contributed by atoms with Gasteiger partial charge in [0, 0.05) is 30.9 Å². The second-order valence-corrected chi connectivity index (χ2v) is 8.71. The lowest BCUT2D eigenvalue weighted by atomic mass is 10.1. The van der Waals surface area contributed by atoms with Gasteiger partial charge in [0.25, 0.3) is 5.56 Å². The highest BCUT2D eigenvalue weighted by Crippen LogP contribution is 2.16. The molecule has 2 fully saturated rings. The van der Waals surface area contributed by atoms with Crippen molar-refractivity contribution in [2.45, 2.75) is 51.6 Å². The molecular weight excluding hydrogens is 378 g/mol. The van der Waals surface area contributed by atoms with Gasteiger partial charge in [0.05, 0.1) is 11.1 Å². The lowest BCUT2D eigenvalue weighted by Gasteiger charge is -2.26. The van der Waals surface area contributed by atoms with Crippen LogP contribution in [0.25, 0.3) is 16.7 Å². The first-order valence-electron chi connectivity index (χ1n) is 11.2. The van der Waals surface area contributed by atoms with Crippen molar-refractivity contribution in [1.82, 2.24) is 24.2 Å². The van der Waals surface area contributed by atoms with Gasteiger partial charge in [-0.05, 0) is 64.0 Å². The average Bonchev–Trinajstić information content (AvgIpc) is 2.75. The molecule has 30 heavy (non-hydrogen) atoms. The summed E-state index contributed by atoms with van der Waals surface area (Å²) in [5.41, 5.74) is 2.60. The van der Waals surface area contributed by atoms with E-state index in [-0.39, 0.29) is 11.0 Å². The third-order valence-electron chi connectivity index (χ3n) is 6.40. The molecule has 0 unspecified atom stereocenters. The summed E-state index contributed by atoms with van der Waals surface area (Å²) in [5.74, 6) is 0. The number of piperidine rings is 2. The average molecular weight is 408 g/mol. The Kier molecular flexibility index (Phi) is 5.39. The van der Waals surface area contributed by atoms with Gasteiger partial charge in [-0.1, -0.05) is 12.8 Å². The van der Waals surface area contributed by atoms with Crippen LogP contribution in [0.3, 0.4) is 0 Å². The maximum Gasteiger partial charge on any atom is 0.259 e. The van der Waals surface area contributed by atoms with Crippen LogP contribution in [-0.4, -0.2) is 50.3 Å². The van der Waals surface area contributed by atoms with Crippen LogP contribution in [-0.2, 0) is 13.1 Å². The van der Waals surface area contributed by atoms with Gasteiger partial charge in [-0.2, -0.15) is 0 Å². The number of hydrogen-bond donors (Lipinski definition) is 1. The Morgan fingerprint density at radius 1 is 0.833 bits per heavy atom. The molecule has 3 aromatic rings. The van der Waals surface area contributed by atoms with Crippen molar-refractivity contribution in [2.24, 2.45) is 0 Å². The van der Waals surface area contributed by atoms with Crippen molar-refractivity contribution >= 4 is 16.7 Å². The zero-order valence-corrected chi connectivity index (χ0v) is 17.4. The third kappa shape index (κ3) is 3.91. The molecule has 5 heterocycles. The van der Waals surface area contributed by atoms with Gasteiger partial charge in [-0.3, -0.25) is 19.4 Å². The highest BCUT2D eigenvalue weighted by molar-refractivity contribution is 5.78. The fourth-order valence-corrected chi connectivity index (χ4v) is 4.86. The Morgan fingerprint density at radius 2 is 1.50 bits per heavy atom. The second-order valence-electron chi connectivity index (χ2n) is 8.71. The highest BCUT2D eigenvalue weighted by atomic mass is 16.1. The molecule has 0 aliphatic carbocycles. The fourth-order valence-electron chi connectivity index (χ4n) is 4.86. The number of H-pyrrole nitrogens is 1. The third-order valence-corrected chi connectivity index (χ3v) is 6.40. The summed E-state index contributed by atoms with van der Waals surface area (Å²) < 4.78 is 1.55. The number of likely N-dealkylation sites (tertiary alicyclic amines) is 2. The standard InChI is InChI=1S/C23H29N5O2/c29-20-13-17(15-26-9-3-1-4-10-26)25-23-19(20)7-8-21-24-18(14-22(30)28(21)23)16-27-11-5-2-6-12-27/h7-8,13-14H,1-6,9-12,15-16H2,(H,25,29). The van der Waals surface area contributed by atoms with Crippen LogP contribution < -0.4 is 11.0 Å². The Bertz CT molecular complexity index is 1170. The SMILES string of the molecule is O=c1cc(CN2CCCCC2)[nH]c2c1ccc1nc(CN3CCCCC3)cc(=O)n12. The molecule has 2 aliphatic heterocycles. The molecule has 0 radical (unpaired) electrons. The fraction of sp³-hybridized carbons (Fsp3) is 0.522. The van der Waals surface area contributed by atoms with Gasteiger partial charge in [0.2, 0.25) is 0 Å². The number of nitrogens with zero attached hydrogens (tertiary/aromatic N) is 4. The minimum absolute atomic E-state index is 0.0537. The summed E-state index contributed by atoms with van der Waals surface area (Å²) in [7, 11) is 0. The molecule has 0 atom stereocenters. The van der Waals surface area contributed by atoms with E-state index in [1.165, 1.54) is 38.5 Å². The van der Waals surface area contributed by atoms with Crippen LogP contribution in [0, 0.1) is 0 Å². The van der Waals surface area contributed by atoms with Crippen LogP contribution >= 0.6 is 0 Å². The molecule has 0 aromatic carbocycles. The van der Waals surface area contributed by atoms with Gasteiger partial charge in [-0.15, -0.1) is 0 Å². The Balaban J connectivity index is 1.53. The summed E-state index contributed by atoms with van der Waals surface area (Å²) in [6.45, 7) is 5.64. The normalized spacial score (nSPS) is 18.9. The lowest BCUT2D eigenvalue weighted by Crippen LogP contribution is -2.31. The summed E-state index contributed by atoms with van der Waals surface area (Å²) in [4.78, 5) is 38.6. The quantitative estimate of drug-likeness (QED) is 0.673. The van der Waals surface area contributed by atoms with Gasteiger partial charge in [0.1, 0.15) is 11.3 Å². The zero-order chi connectivity index (χ0) is 20.5. The summed E-state index contributed by atoms with van der Waals surface area (Å²) >= 11 is 0. The van der Waals surface area contributed by atoms with E-state index in [9.17, 15) is 9.59 Å². The van der Waals surface area contributed by atoms with E-state index in [1.54, 1.807) is 28.7 Å². The molecule has 3 aromatic heterocycles. The van der Waals surface area contributed by atoms with Crippen molar-refractivity contribution in [3.8, 4) is 0 Å². The molecule has 0 bridgehead atoms. The van der Waals surface area contributed by atoms with E-state index in [0.717, 1.165) is 37.6 Å². The predicted molar refractivity (Wildman–Crippen MR) is 118 cm³/mol. The Labute approximate surface area is 175 Å². The molecule has 7 nitrogen and oxygen atoms in total. The molecule has 7 heteroatoms. The predicted octanol–water partition coefficient (Wildman–Crippen LogP) is 2.51. The molecule has 1 N–H and O–H groups in total. The number of pyridine rings is 2. The summed E-state index contributed by atoms with van der Waals surface area (Å²) in [5, 5.41) is 0.526. The van der Waals surface area contributed by atoms with Crippen molar-refractivity contribution in [3.63, 3.8) is 0 Å². The largest absolute Gasteiger partial charge is 0.343 e. The van der Waals surface area contributed by atoms with Crippen LogP contribution in [0.4, 0.5) is 0 Å². The molecule has 0 spiro atoms. The van der Waals surface area contributed by atoms with Gasteiger partial charge >= 0.3 is 0 Å². The highest BCUT2D eigenvalue weighted by Gasteiger charge is 2.15. The van der Waals surface area contributed by atoms with E-state index < -0.39 is 0 Å². The minimum Gasteiger partial charge on any atom is -0.343 e. The molecule has 0 saturated carbocycles. The van der Waals surface area contributed by atoms with Crippen molar-refractivity contribution in [1.29, 1.82) is 0 Å². The number of aromatic amines is 1. The first-order valence-corrected chi connectivity index (χ1v) is 11.2. The number of fused-ring (bicyclic) bond motifs is 3. The van der Waals surface area contributed by atoms with Crippen molar-refractivity contribution in [2.75, 3.05) is 26.2 Å². The second kappa shape index (κ2) is 8.32. The monoisotopic (exact) mass is 407 g/mol. The minimum atomic E-state index is -0.136. The maximum atomic E-state index is 13.0. The molecule has 158 valence electrons. The first-order chi connectivity index (χ1) is 14.7. The lowest BCUT2D eigenvalue weighted by molar-refractivity contribution is 0.218. The Morgan fingerprint density at radius 3 is 2.20 bits per heavy atom. The van der Waals surface area contributed by atoms with Gasteiger partial charge in [-0.25, -0.2) is 9.38 Å². The number of rotatable bonds is 4. The van der Waals surface area contributed by atoms with Gasteiger partial charge in [0.15, 0.2) is 5.43 Å². The summed E-state index contributed by atoms with van der Waals surface area (Å²) in [6, 6.07) is 6.86. The van der Waals surface area contributed by atoms with Crippen molar-refractivity contribution in [3.05, 3.63) is 56.2 Å². The first kappa shape index (κ1) is 19.5. The number of nitrogens with one attached hydrogen (secondary N) is 1. The number of aromatic nitrogens is 3. The smallest absolute Gasteiger partial charge is 0.259 e. The van der Waals surface area contributed by atoms with Crippen LogP contribution in [0.1, 0.15) is 49.9 Å². The number of hydrogen-bond acceptors (Lipinski definition) is 5. The van der Waals surface area contributed by atoms with Crippen LogP contribution in [0.2, 0.25) is 0 Å². The van der Waals surface area contributed by atoms with E-state index in [4.69, 9.17) is 4.98 Å². The molecule has 2 saturated heterocycles. The van der Waals surface area contributed by atoms with E-state index >= 15 is 0 Å². The summed E-state index contributed by atoms with van der Waals surface area (Å²) in [6.07, 6.45) is 7.37. The maximum absolute atomic E-state index is 13.0. The molecule has 0 amide bonds. The van der Waals surface area contributed by atoms with Crippen LogP contribution in [0.5, 0.6) is 0 Å². The topological polar surface area (TPSA) is 73.7 Å². The molecule has 5 rings (SSSR count). The van der Waals surface area contributed by atoms with Crippen molar-refractivity contribution < 1.29 is 0 Å². The molecule has 2 aliphatic rings. The van der Waals surface area contributed by atoms with Crippen LogP contribution in [0.15, 0.2) is 33.9 Å². The zero-order valence-electron chi connectivity index (χ0n) is 17.4. The van der Waals surface area contributed by atoms with Gasteiger partial charge < -0.3 is 4.98 Å². The van der Waals surface area contributed by atoms with E-state index in [1.807, 2.05) is 0 Å². The van der Waals surface area contributed by atoms with E-state index in [0.29, 0.717) is 29.8 Å². The molecular formula is C23H29N5O2. The van der Waals surface area contributed by atoms with E-state index in [2.05, 4.69) is 14.8 Å².